The lowest BCUT2D eigenvalue weighted by atomic mass is 10.0. The Morgan fingerprint density at radius 1 is 1.50 bits per heavy atom. The third-order valence-electron chi connectivity index (χ3n) is 2.11. The van der Waals surface area contributed by atoms with Crippen molar-refractivity contribution in [2.75, 3.05) is 0 Å². The largest absolute Gasteiger partial charge is 0.336 e. The minimum absolute atomic E-state index is 0.227. The van der Waals surface area contributed by atoms with Gasteiger partial charge in [0.25, 0.3) is 5.91 Å². The van der Waals surface area contributed by atoms with Crippen LogP contribution in [0.1, 0.15) is 30.6 Å². The summed E-state index contributed by atoms with van der Waals surface area (Å²) in [5.41, 5.74) is 0.527. The monoisotopic (exact) mass is 217 g/mol. The number of carbonyl (C=O) groups excluding carboxylic acids is 1. The van der Waals surface area contributed by atoms with Crippen LogP contribution in [0.15, 0.2) is 24.5 Å². The highest BCUT2D eigenvalue weighted by molar-refractivity contribution is 5.94. The van der Waals surface area contributed by atoms with E-state index in [9.17, 15) is 4.79 Å². The van der Waals surface area contributed by atoms with Crippen LogP contribution in [-0.2, 0) is 0 Å². The van der Waals surface area contributed by atoms with Crippen molar-refractivity contribution in [1.29, 1.82) is 5.26 Å². The van der Waals surface area contributed by atoms with Crippen molar-refractivity contribution in [3.63, 3.8) is 0 Å². The van der Waals surface area contributed by atoms with Crippen LogP contribution in [0.5, 0.6) is 0 Å². The Bertz CT molecular complexity index is 381. The van der Waals surface area contributed by atoms with E-state index in [-0.39, 0.29) is 5.91 Å². The molecular formula is C12H15N3O. The summed E-state index contributed by atoms with van der Waals surface area (Å²) in [5.74, 6) is 0.150. The summed E-state index contributed by atoms with van der Waals surface area (Å²) in [6.45, 7) is 4.03. The molecule has 1 amide bonds. The quantitative estimate of drug-likeness (QED) is 0.835. The molecule has 0 radical (unpaired) electrons. The van der Waals surface area contributed by atoms with E-state index < -0.39 is 6.04 Å². The molecule has 0 aliphatic carbocycles. The molecule has 0 aliphatic heterocycles. The van der Waals surface area contributed by atoms with Gasteiger partial charge in [-0.1, -0.05) is 13.8 Å². The summed E-state index contributed by atoms with van der Waals surface area (Å²) < 4.78 is 0. The standard InChI is InChI=1S/C12H15N3O/c1-9(2)7-11(8-13)15-12(16)10-3-5-14-6-4-10/h3-6,9,11H,7H2,1-2H3,(H,15,16). The lowest BCUT2D eigenvalue weighted by Gasteiger charge is -2.13. The second kappa shape index (κ2) is 5.86. The number of hydrogen-bond donors (Lipinski definition) is 1. The zero-order valence-electron chi connectivity index (χ0n) is 9.47. The summed E-state index contributed by atoms with van der Waals surface area (Å²) >= 11 is 0. The number of nitrogens with zero attached hydrogens (tertiary/aromatic N) is 2. The molecule has 0 fully saturated rings. The number of hydrogen-bond acceptors (Lipinski definition) is 3. The van der Waals surface area contributed by atoms with Gasteiger partial charge in [-0.25, -0.2) is 0 Å². The van der Waals surface area contributed by atoms with Crippen LogP contribution < -0.4 is 5.32 Å². The number of aromatic nitrogens is 1. The Balaban J connectivity index is 2.60. The molecule has 0 aromatic carbocycles. The zero-order chi connectivity index (χ0) is 12.0. The van der Waals surface area contributed by atoms with Crippen molar-refractivity contribution < 1.29 is 4.79 Å². The molecule has 1 aromatic heterocycles. The van der Waals surface area contributed by atoms with Gasteiger partial charge in [0.2, 0.25) is 0 Å². The summed E-state index contributed by atoms with van der Waals surface area (Å²) in [6, 6.07) is 4.90. The Labute approximate surface area is 95.3 Å². The molecule has 1 aromatic rings. The first-order chi connectivity index (χ1) is 7.63. The van der Waals surface area contributed by atoms with E-state index >= 15 is 0 Å². The zero-order valence-corrected chi connectivity index (χ0v) is 9.47. The third-order valence-corrected chi connectivity index (χ3v) is 2.11. The summed E-state index contributed by atoms with van der Waals surface area (Å²) in [6.07, 6.45) is 3.77. The third kappa shape index (κ3) is 3.70. The Morgan fingerprint density at radius 2 is 2.12 bits per heavy atom. The van der Waals surface area contributed by atoms with Gasteiger partial charge in [0.1, 0.15) is 6.04 Å². The highest BCUT2D eigenvalue weighted by atomic mass is 16.1. The maximum Gasteiger partial charge on any atom is 0.252 e. The van der Waals surface area contributed by atoms with Crippen molar-refractivity contribution >= 4 is 5.91 Å². The fourth-order valence-electron chi connectivity index (χ4n) is 1.36. The first kappa shape index (κ1) is 12.2. The molecule has 0 bridgehead atoms. The van der Waals surface area contributed by atoms with Crippen LogP contribution in [0, 0.1) is 17.2 Å². The Kier molecular flexibility index (Phi) is 4.46. The summed E-state index contributed by atoms with van der Waals surface area (Å²) in [7, 11) is 0. The highest BCUT2D eigenvalue weighted by Gasteiger charge is 2.13. The fourth-order valence-corrected chi connectivity index (χ4v) is 1.36. The molecule has 1 atom stereocenters. The molecule has 0 aliphatic rings. The van der Waals surface area contributed by atoms with Gasteiger partial charge < -0.3 is 5.32 Å². The predicted octanol–water partition coefficient (Wildman–Crippen LogP) is 1.75. The first-order valence-corrected chi connectivity index (χ1v) is 5.24. The molecule has 0 saturated carbocycles. The van der Waals surface area contributed by atoms with Gasteiger partial charge in [-0.2, -0.15) is 5.26 Å². The van der Waals surface area contributed by atoms with Gasteiger partial charge in [-0.15, -0.1) is 0 Å². The van der Waals surface area contributed by atoms with Crippen molar-refractivity contribution in [2.45, 2.75) is 26.3 Å². The van der Waals surface area contributed by atoms with Crippen molar-refractivity contribution in [3.8, 4) is 6.07 Å². The van der Waals surface area contributed by atoms with E-state index in [0.717, 1.165) is 0 Å². The van der Waals surface area contributed by atoms with E-state index in [1.165, 1.54) is 0 Å². The maximum absolute atomic E-state index is 11.7. The van der Waals surface area contributed by atoms with Gasteiger partial charge in [-0.05, 0) is 24.5 Å². The highest BCUT2D eigenvalue weighted by Crippen LogP contribution is 2.05. The molecule has 1 heterocycles. The van der Waals surface area contributed by atoms with Crippen molar-refractivity contribution in [1.82, 2.24) is 10.3 Å². The second-order valence-corrected chi connectivity index (χ2v) is 4.02. The fraction of sp³-hybridized carbons (Fsp3) is 0.417. The second-order valence-electron chi connectivity index (χ2n) is 4.02. The number of carbonyl (C=O) groups is 1. The minimum Gasteiger partial charge on any atom is -0.336 e. The molecule has 4 heteroatoms. The Hall–Kier alpha value is -1.89. The topological polar surface area (TPSA) is 65.8 Å². The predicted molar refractivity (Wildman–Crippen MR) is 60.6 cm³/mol. The maximum atomic E-state index is 11.7. The first-order valence-electron chi connectivity index (χ1n) is 5.24. The van der Waals surface area contributed by atoms with Gasteiger partial charge in [-0.3, -0.25) is 9.78 Å². The van der Waals surface area contributed by atoms with E-state index in [2.05, 4.69) is 16.4 Å². The number of amides is 1. The van der Waals surface area contributed by atoms with Crippen LogP contribution in [0.3, 0.4) is 0 Å². The molecule has 1 N–H and O–H groups in total. The van der Waals surface area contributed by atoms with Gasteiger partial charge in [0.15, 0.2) is 0 Å². The number of nitriles is 1. The summed E-state index contributed by atoms with van der Waals surface area (Å²) in [5, 5.41) is 11.6. The van der Waals surface area contributed by atoms with Crippen LogP contribution >= 0.6 is 0 Å². The SMILES string of the molecule is CC(C)CC(C#N)NC(=O)c1ccncc1. The van der Waals surface area contributed by atoms with Crippen LogP contribution in [0.4, 0.5) is 0 Å². The van der Waals surface area contributed by atoms with Crippen molar-refractivity contribution in [3.05, 3.63) is 30.1 Å². The van der Waals surface area contributed by atoms with Gasteiger partial charge >= 0.3 is 0 Å². The minimum atomic E-state index is -0.430. The molecule has 0 saturated heterocycles. The molecule has 4 nitrogen and oxygen atoms in total. The average Bonchev–Trinajstić information content (AvgIpc) is 2.28. The number of nitrogens with one attached hydrogen (secondary N) is 1. The number of rotatable bonds is 4. The van der Waals surface area contributed by atoms with E-state index in [4.69, 9.17) is 5.26 Å². The molecule has 1 unspecified atom stereocenters. The van der Waals surface area contributed by atoms with Crippen molar-refractivity contribution in [2.24, 2.45) is 5.92 Å². The molecule has 1 rings (SSSR count). The average molecular weight is 217 g/mol. The molecule has 16 heavy (non-hydrogen) atoms. The lowest BCUT2D eigenvalue weighted by molar-refractivity contribution is 0.0942. The summed E-state index contributed by atoms with van der Waals surface area (Å²) in [4.78, 5) is 15.5. The van der Waals surface area contributed by atoms with E-state index in [0.29, 0.717) is 17.9 Å². The van der Waals surface area contributed by atoms with Gasteiger partial charge in [0, 0.05) is 18.0 Å². The molecular weight excluding hydrogens is 202 g/mol. The van der Waals surface area contributed by atoms with Crippen LogP contribution in [-0.4, -0.2) is 16.9 Å². The normalized spacial score (nSPS) is 11.9. The molecule has 84 valence electrons. The van der Waals surface area contributed by atoms with E-state index in [1.807, 2.05) is 13.8 Å². The number of pyridine rings is 1. The van der Waals surface area contributed by atoms with E-state index in [1.54, 1.807) is 24.5 Å². The molecule has 0 spiro atoms. The van der Waals surface area contributed by atoms with Gasteiger partial charge in [0.05, 0.1) is 6.07 Å². The lowest BCUT2D eigenvalue weighted by Crippen LogP contribution is -2.34. The van der Waals surface area contributed by atoms with Crippen LogP contribution in [0.2, 0.25) is 0 Å². The van der Waals surface area contributed by atoms with Crippen LogP contribution in [0.25, 0.3) is 0 Å². The Morgan fingerprint density at radius 3 is 2.62 bits per heavy atom. The smallest absolute Gasteiger partial charge is 0.252 e.